The second-order valence-electron chi connectivity index (χ2n) is 6.12. The molecule has 1 amide bonds. The Morgan fingerprint density at radius 2 is 1.86 bits per heavy atom. The Bertz CT molecular complexity index is 418. The fourth-order valence-electron chi connectivity index (χ4n) is 2.04. The van der Waals surface area contributed by atoms with Gasteiger partial charge in [-0.05, 0) is 11.0 Å². The molecule has 0 radical (unpaired) electrons. The molecule has 1 aromatic rings. The van der Waals surface area contributed by atoms with Crippen LogP contribution in [0.3, 0.4) is 0 Å². The lowest BCUT2D eigenvalue weighted by atomic mass is 9.89. The van der Waals surface area contributed by atoms with Crippen molar-refractivity contribution in [2.24, 2.45) is 11.1 Å². The summed E-state index contributed by atoms with van der Waals surface area (Å²) in [5.74, 6) is -0.0485. The van der Waals surface area contributed by atoms with Crippen molar-refractivity contribution in [1.82, 2.24) is 5.32 Å². The molecule has 0 bridgehead atoms. The van der Waals surface area contributed by atoms with Crippen LogP contribution < -0.4 is 11.1 Å². The van der Waals surface area contributed by atoms with Crippen molar-refractivity contribution in [3.8, 4) is 0 Å². The van der Waals surface area contributed by atoms with Crippen LogP contribution >= 0.6 is 12.4 Å². The van der Waals surface area contributed by atoms with Crippen LogP contribution in [0.4, 0.5) is 0 Å². The topological polar surface area (TPSA) is 64.3 Å². The van der Waals surface area contributed by atoms with Gasteiger partial charge in [0.15, 0.2) is 0 Å². The zero-order valence-electron chi connectivity index (χ0n) is 13.3. The molecule has 1 aromatic carbocycles. The maximum Gasteiger partial charge on any atom is 0.221 e. The van der Waals surface area contributed by atoms with E-state index in [4.69, 9.17) is 10.5 Å². The maximum absolute atomic E-state index is 11.9. The Labute approximate surface area is 133 Å². The van der Waals surface area contributed by atoms with Gasteiger partial charge in [0.1, 0.15) is 0 Å². The highest BCUT2D eigenvalue weighted by Crippen LogP contribution is 2.21. The largest absolute Gasteiger partial charge is 0.379 e. The standard InChI is InChI=1S/C16H26N2O2.ClH/c1-16(2,3)14(20-4)11-18-15(19)10-13(17)12-8-6-5-7-9-12;/h5-9,13-14H,10-11,17H2,1-4H3,(H,18,19);1H. The Hall–Kier alpha value is -1.10. The Morgan fingerprint density at radius 1 is 1.29 bits per heavy atom. The van der Waals surface area contributed by atoms with Gasteiger partial charge < -0.3 is 15.8 Å². The van der Waals surface area contributed by atoms with Crippen LogP contribution in [0.1, 0.15) is 38.8 Å². The van der Waals surface area contributed by atoms with Gasteiger partial charge in [-0.1, -0.05) is 51.1 Å². The molecule has 4 nitrogen and oxygen atoms in total. The highest BCUT2D eigenvalue weighted by molar-refractivity contribution is 5.85. The summed E-state index contributed by atoms with van der Waals surface area (Å²) in [6.07, 6.45) is 0.268. The molecule has 2 unspecified atom stereocenters. The van der Waals surface area contributed by atoms with E-state index in [9.17, 15) is 4.79 Å². The smallest absolute Gasteiger partial charge is 0.221 e. The number of halogens is 1. The molecule has 120 valence electrons. The van der Waals surface area contributed by atoms with E-state index in [0.717, 1.165) is 5.56 Å². The summed E-state index contributed by atoms with van der Waals surface area (Å²) >= 11 is 0. The molecule has 0 aromatic heterocycles. The van der Waals surface area contributed by atoms with Gasteiger partial charge in [-0.25, -0.2) is 0 Å². The molecule has 0 fully saturated rings. The molecule has 3 N–H and O–H groups in total. The van der Waals surface area contributed by atoms with Gasteiger partial charge in [0, 0.05) is 26.1 Å². The van der Waals surface area contributed by atoms with E-state index in [1.165, 1.54) is 0 Å². The van der Waals surface area contributed by atoms with Crippen LogP contribution in [-0.4, -0.2) is 25.7 Å². The number of carbonyl (C=O) groups is 1. The van der Waals surface area contributed by atoms with E-state index < -0.39 is 0 Å². The van der Waals surface area contributed by atoms with E-state index in [1.807, 2.05) is 30.3 Å². The number of carbonyl (C=O) groups excluding carboxylic acids is 1. The van der Waals surface area contributed by atoms with E-state index in [2.05, 4.69) is 26.1 Å². The normalized spacial score (nSPS) is 14.0. The van der Waals surface area contributed by atoms with Gasteiger partial charge in [-0.3, -0.25) is 4.79 Å². The number of amides is 1. The van der Waals surface area contributed by atoms with Gasteiger partial charge in [-0.2, -0.15) is 0 Å². The summed E-state index contributed by atoms with van der Waals surface area (Å²) in [5, 5.41) is 2.90. The molecular weight excluding hydrogens is 288 g/mol. The summed E-state index contributed by atoms with van der Waals surface area (Å²) < 4.78 is 5.41. The maximum atomic E-state index is 11.9. The zero-order chi connectivity index (χ0) is 15.2. The predicted molar refractivity (Wildman–Crippen MR) is 88.5 cm³/mol. The fraction of sp³-hybridized carbons (Fsp3) is 0.562. The number of nitrogens with one attached hydrogen (secondary N) is 1. The Kier molecular flexibility index (Phi) is 8.55. The molecule has 21 heavy (non-hydrogen) atoms. The van der Waals surface area contributed by atoms with Crippen LogP contribution in [0.2, 0.25) is 0 Å². The van der Waals surface area contributed by atoms with Crippen molar-refractivity contribution in [3.63, 3.8) is 0 Å². The number of rotatable bonds is 6. The lowest BCUT2D eigenvalue weighted by molar-refractivity contribution is -0.122. The summed E-state index contributed by atoms with van der Waals surface area (Å²) in [6.45, 7) is 6.76. The van der Waals surface area contributed by atoms with E-state index >= 15 is 0 Å². The molecule has 2 atom stereocenters. The minimum atomic E-state index is -0.271. The first-order valence-corrected chi connectivity index (χ1v) is 6.94. The number of methoxy groups -OCH3 is 1. The zero-order valence-corrected chi connectivity index (χ0v) is 14.1. The van der Waals surface area contributed by atoms with Gasteiger partial charge in [-0.15, -0.1) is 12.4 Å². The van der Waals surface area contributed by atoms with Crippen molar-refractivity contribution in [2.75, 3.05) is 13.7 Å². The lowest BCUT2D eigenvalue weighted by Crippen LogP contribution is -2.41. The van der Waals surface area contributed by atoms with Crippen LogP contribution in [0, 0.1) is 5.41 Å². The predicted octanol–water partition coefficient (Wildman–Crippen LogP) is 2.68. The van der Waals surface area contributed by atoms with Gasteiger partial charge in [0.05, 0.1) is 6.10 Å². The molecule has 0 aliphatic rings. The van der Waals surface area contributed by atoms with Crippen molar-refractivity contribution in [1.29, 1.82) is 0 Å². The first-order chi connectivity index (χ1) is 9.34. The Morgan fingerprint density at radius 3 is 2.33 bits per heavy atom. The third kappa shape index (κ3) is 6.93. The third-order valence-corrected chi connectivity index (χ3v) is 3.37. The average molecular weight is 315 g/mol. The van der Waals surface area contributed by atoms with E-state index in [-0.39, 0.29) is 42.3 Å². The van der Waals surface area contributed by atoms with Crippen LogP contribution in [-0.2, 0) is 9.53 Å². The molecule has 0 aliphatic heterocycles. The third-order valence-electron chi connectivity index (χ3n) is 3.37. The highest BCUT2D eigenvalue weighted by Gasteiger charge is 2.24. The summed E-state index contributed by atoms with van der Waals surface area (Å²) in [4.78, 5) is 11.9. The van der Waals surface area contributed by atoms with Gasteiger partial charge >= 0.3 is 0 Å². The minimum Gasteiger partial charge on any atom is -0.379 e. The average Bonchev–Trinajstić information content (AvgIpc) is 2.38. The summed E-state index contributed by atoms with van der Waals surface area (Å²) in [6, 6.07) is 9.38. The van der Waals surface area contributed by atoms with Crippen LogP contribution in [0.5, 0.6) is 0 Å². The molecule has 0 spiro atoms. The number of hydrogen-bond donors (Lipinski definition) is 2. The lowest BCUT2D eigenvalue weighted by Gasteiger charge is -2.29. The monoisotopic (exact) mass is 314 g/mol. The van der Waals surface area contributed by atoms with Gasteiger partial charge in [0.25, 0.3) is 0 Å². The molecule has 1 rings (SSSR count). The van der Waals surface area contributed by atoms with Crippen LogP contribution in [0.25, 0.3) is 0 Å². The van der Waals surface area contributed by atoms with Crippen molar-refractivity contribution in [2.45, 2.75) is 39.3 Å². The fourth-order valence-corrected chi connectivity index (χ4v) is 2.04. The van der Waals surface area contributed by atoms with Crippen molar-refractivity contribution >= 4 is 18.3 Å². The van der Waals surface area contributed by atoms with E-state index in [1.54, 1.807) is 7.11 Å². The minimum absolute atomic E-state index is 0. The second kappa shape index (κ2) is 9.03. The van der Waals surface area contributed by atoms with Crippen molar-refractivity contribution < 1.29 is 9.53 Å². The number of nitrogens with two attached hydrogens (primary N) is 1. The molecule has 0 aliphatic carbocycles. The Balaban J connectivity index is 0.00000400. The van der Waals surface area contributed by atoms with Crippen LogP contribution in [0.15, 0.2) is 30.3 Å². The molecule has 0 saturated carbocycles. The summed E-state index contributed by atoms with van der Waals surface area (Å²) in [7, 11) is 1.66. The number of hydrogen-bond acceptors (Lipinski definition) is 3. The first kappa shape index (κ1) is 19.9. The molecule has 0 saturated heterocycles. The van der Waals surface area contributed by atoms with Gasteiger partial charge in [0.2, 0.25) is 5.91 Å². The van der Waals surface area contributed by atoms with Crippen molar-refractivity contribution in [3.05, 3.63) is 35.9 Å². The SMILES string of the molecule is COC(CNC(=O)CC(N)c1ccccc1)C(C)(C)C.Cl. The van der Waals surface area contributed by atoms with E-state index in [0.29, 0.717) is 6.54 Å². The molecular formula is C16H27ClN2O2. The quantitative estimate of drug-likeness (QED) is 0.848. The number of benzene rings is 1. The molecule has 5 heteroatoms. The first-order valence-electron chi connectivity index (χ1n) is 6.94. The number of ether oxygens (including phenoxy) is 1. The second-order valence-corrected chi connectivity index (χ2v) is 6.12. The molecule has 0 heterocycles. The highest BCUT2D eigenvalue weighted by atomic mass is 35.5. The summed E-state index contributed by atoms with van der Waals surface area (Å²) in [5.41, 5.74) is 6.99.